The van der Waals surface area contributed by atoms with E-state index in [9.17, 15) is 4.79 Å². The van der Waals surface area contributed by atoms with Crippen molar-refractivity contribution < 1.29 is 9.90 Å². The first kappa shape index (κ1) is 15.3. The molecule has 0 aliphatic carbocycles. The molecule has 0 radical (unpaired) electrons. The number of nitrogens with zero attached hydrogens (tertiary/aromatic N) is 1. The van der Waals surface area contributed by atoms with Crippen molar-refractivity contribution in [3.05, 3.63) is 58.2 Å². The summed E-state index contributed by atoms with van der Waals surface area (Å²) in [6, 6.07) is 9.08. The van der Waals surface area contributed by atoms with Crippen molar-refractivity contribution in [2.45, 2.75) is 13.0 Å². The van der Waals surface area contributed by atoms with E-state index in [-0.39, 0.29) is 23.4 Å². The minimum atomic E-state index is -0.239. The number of rotatable bonds is 5. The highest BCUT2D eigenvalue weighted by molar-refractivity contribution is 6.33. The lowest BCUT2D eigenvalue weighted by atomic mass is 10.1. The summed E-state index contributed by atoms with van der Waals surface area (Å²) in [5.41, 5.74) is 7.83. The average molecular weight is 306 g/mol. The Kier molecular flexibility index (Phi) is 5.14. The Morgan fingerprint density at radius 2 is 1.95 bits per heavy atom. The molecule has 4 N–H and O–H groups in total. The molecule has 5 nitrogen and oxygen atoms in total. The van der Waals surface area contributed by atoms with E-state index in [1.807, 2.05) is 24.3 Å². The van der Waals surface area contributed by atoms with Crippen molar-refractivity contribution in [2.24, 2.45) is 0 Å². The number of nitrogens with one attached hydrogen (secondary N) is 1. The summed E-state index contributed by atoms with van der Waals surface area (Å²) >= 11 is 5.83. The molecule has 0 bridgehead atoms. The SMILES string of the molecule is Nc1ncc(C(=O)NCCc2ccc(CO)cc2)cc1Cl. The Labute approximate surface area is 127 Å². The van der Waals surface area contributed by atoms with Gasteiger partial charge < -0.3 is 16.2 Å². The molecule has 0 atom stereocenters. The molecular weight excluding hydrogens is 290 g/mol. The summed E-state index contributed by atoms with van der Waals surface area (Å²) in [5, 5.41) is 12.0. The molecule has 0 saturated carbocycles. The second kappa shape index (κ2) is 7.06. The van der Waals surface area contributed by atoms with Crippen LogP contribution in [0, 0.1) is 0 Å². The van der Waals surface area contributed by atoms with E-state index in [0.29, 0.717) is 18.5 Å². The van der Waals surface area contributed by atoms with Gasteiger partial charge in [0.15, 0.2) is 0 Å². The van der Waals surface area contributed by atoms with Gasteiger partial charge in [-0.3, -0.25) is 4.79 Å². The third kappa shape index (κ3) is 4.18. The number of hydrogen-bond acceptors (Lipinski definition) is 4. The van der Waals surface area contributed by atoms with Gasteiger partial charge in [-0.25, -0.2) is 4.98 Å². The van der Waals surface area contributed by atoms with Crippen molar-refractivity contribution in [1.29, 1.82) is 0 Å². The summed E-state index contributed by atoms with van der Waals surface area (Å²) in [6.07, 6.45) is 2.10. The summed E-state index contributed by atoms with van der Waals surface area (Å²) < 4.78 is 0. The Hall–Kier alpha value is -2.11. The fourth-order valence-electron chi connectivity index (χ4n) is 1.81. The van der Waals surface area contributed by atoms with E-state index in [0.717, 1.165) is 11.1 Å². The van der Waals surface area contributed by atoms with Crippen LogP contribution in [-0.4, -0.2) is 22.5 Å². The van der Waals surface area contributed by atoms with E-state index >= 15 is 0 Å². The molecular formula is C15H16ClN3O2. The molecule has 110 valence electrons. The molecule has 6 heteroatoms. The number of aromatic nitrogens is 1. The number of amides is 1. The molecule has 0 aliphatic heterocycles. The minimum Gasteiger partial charge on any atom is -0.392 e. The van der Waals surface area contributed by atoms with Crippen LogP contribution in [0.15, 0.2) is 36.5 Å². The first-order valence-electron chi connectivity index (χ1n) is 6.48. The Morgan fingerprint density at radius 1 is 1.29 bits per heavy atom. The number of pyridine rings is 1. The number of carbonyl (C=O) groups excluding carboxylic acids is 1. The molecule has 2 aromatic rings. The number of anilines is 1. The van der Waals surface area contributed by atoms with Crippen LogP contribution in [0.1, 0.15) is 21.5 Å². The standard InChI is InChI=1S/C15H16ClN3O2/c16-13-7-12(8-19-14(13)17)15(21)18-6-5-10-1-3-11(9-20)4-2-10/h1-4,7-8,20H,5-6,9H2,(H2,17,19)(H,18,21). The highest BCUT2D eigenvalue weighted by Crippen LogP contribution is 2.16. The van der Waals surface area contributed by atoms with E-state index in [2.05, 4.69) is 10.3 Å². The van der Waals surface area contributed by atoms with Crippen LogP contribution < -0.4 is 11.1 Å². The number of carbonyl (C=O) groups is 1. The van der Waals surface area contributed by atoms with E-state index in [1.54, 1.807) is 0 Å². The van der Waals surface area contributed by atoms with Gasteiger partial charge in [0.2, 0.25) is 0 Å². The fraction of sp³-hybridized carbons (Fsp3) is 0.200. The summed E-state index contributed by atoms with van der Waals surface area (Å²) in [4.78, 5) is 15.8. The first-order chi connectivity index (χ1) is 10.1. The van der Waals surface area contributed by atoms with Gasteiger partial charge in [-0.15, -0.1) is 0 Å². The smallest absolute Gasteiger partial charge is 0.252 e. The molecule has 1 amide bonds. The molecule has 1 aromatic heterocycles. The quantitative estimate of drug-likeness (QED) is 0.785. The zero-order chi connectivity index (χ0) is 15.2. The van der Waals surface area contributed by atoms with Crippen molar-refractivity contribution >= 4 is 23.3 Å². The maximum atomic E-state index is 11.9. The maximum absolute atomic E-state index is 11.9. The number of hydrogen-bond donors (Lipinski definition) is 3. The molecule has 0 unspecified atom stereocenters. The van der Waals surface area contributed by atoms with Gasteiger partial charge in [0.25, 0.3) is 5.91 Å². The number of benzene rings is 1. The number of halogens is 1. The molecule has 2 rings (SSSR count). The lowest BCUT2D eigenvalue weighted by Gasteiger charge is -2.06. The second-order valence-electron chi connectivity index (χ2n) is 4.57. The summed E-state index contributed by atoms with van der Waals surface area (Å²) in [5.74, 6) is -0.0337. The van der Waals surface area contributed by atoms with E-state index in [1.165, 1.54) is 12.3 Å². The lowest BCUT2D eigenvalue weighted by molar-refractivity contribution is 0.0954. The van der Waals surface area contributed by atoms with Crippen LogP contribution in [0.4, 0.5) is 5.82 Å². The first-order valence-corrected chi connectivity index (χ1v) is 6.86. The highest BCUT2D eigenvalue weighted by atomic mass is 35.5. The average Bonchev–Trinajstić information content (AvgIpc) is 2.50. The van der Waals surface area contributed by atoms with Crippen molar-refractivity contribution in [1.82, 2.24) is 10.3 Å². The predicted octanol–water partition coefficient (Wildman–Crippen LogP) is 1.78. The Balaban J connectivity index is 1.87. The van der Waals surface area contributed by atoms with E-state index in [4.69, 9.17) is 22.4 Å². The van der Waals surface area contributed by atoms with Crippen LogP contribution in [0.2, 0.25) is 5.02 Å². The van der Waals surface area contributed by atoms with Gasteiger partial charge in [-0.1, -0.05) is 35.9 Å². The Bertz CT molecular complexity index is 629. The van der Waals surface area contributed by atoms with Crippen LogP contribution >= 0.6 is 11.6 Å². The van der Waals surface area contributed by atoms with E-state index < -0.39 is 0 Å². The second-order valence-corrected chi connectivity index (χ2v) is 4.98. The molecule has 1 aromatic carbocycles. The molecule has 0 saturated heterocycles. The number of aliphatic hydroxyl groups excluding tert-OH is 1. The van der Waals surface area contributed by atoms with Crippen LogP contribution in [0.25, 0.3) is 0 Å². The number of nitrogen functional groups attached to an aromatic ring is 1. The van der Waals surface area contributed by atoms with Gasteiger partial charge in [-0.05, 0) is 23.6 Å². The third-order valence-electron chi connectivity index (χ3n) is 3.04. The van der Waals surface area contributed by atoms with Gasteiger partial charge in [0.1, 0.15) is 5.82 Å². The molecule has 0 spiro atoms. The highest BCUT2D eigenvalue weighted by Gasteiger charge is 2.08. The number of nitrogens with two attached hydrogens (primary N) is 1. The van der Waals surface area contributed by atoms with Crippen LogP contribution in [0.3, 0.4) is 0 Å². The third-order valence-corrected chi connectivity index (χ3v) is 3.34. The zero-order valence-electron chi connectivity index (χ0n) is 11.3. The summed E-state index contributed by atoms with van der Waals surface area (Å²) in [6.45, 7) is 0.529. The molecule has 0 aliphatic rings. The van der Waals surface area contributed by atoms with Gasteiger partial charge in [-0.2, -0.15) is 0 Å². The topological polar surface area (TPSA) is 88.2 Å². The van der Waals surface area contributed by atoms with Gasteiger partial charge in [0.05, 0.1) is 17.2 Å². The van der Waals surface area contributed by atoms with Crippen molar-refractivity contribution in [3.8, 4) is 0 Å². The molecule has 21 heavy (non-hydrogen) atoms. The largest absolute Gasteiger partial charge is 0.392 e. The minimum absolute atomic E-state index is 0.0297. The fourth-order valence-corrected chi connectivity index (χ4v) is 1.97. The maximum Gasteiger partial charge on any atom is 0.252 e. The lowest BCUT2D eigenvalue weighted by Crippen LogP contribution is -2.25. The van der Waals surface area contributed by atoms with Crippen molar-refractivity contribution in [3.63, 3.8) is 0 Å². The molecule has 0 fully saturated rings. The van der Waals surface area contributed by atoms with Gasteiger partial charge in [0, 0.05) is 12.7 Å². The summed E-state index contributed by atoms with van der Waals surface area (Å²) in [7, 11) is 0. The van der Waals surface area contributed by atoms with Crippen LogP contribution in [-0.2, 0) is 13.0 Å². The van der Waals surface area contributed by atoms with Crippen molar-refractivity contribution in [2.75, 3.05) is 12.3 Å². The Morgan fingerprint density at radius 3 is 2.57 bits per heavy atom. The molecule has 1 heterocycles. The normalized spacial score (nSPS) is 10.4. The predicted molar refractivity (Wildman–Crippen MR) is 82.1 cm³/mol. The monoisotopic (exact) mass is 305 g/mol. The van der Waals surface area contributed by atoms with Gasteiger partial charge >= 0.3 is 0 Å². The van der Waals surface area contributed by atoms with Crippen LogP contribution in [0.5, 0.6) is 0 Å². The zero-order valence-corrected chi connectivity index (χ0v) is 12.1. The number of aliphatic hydroxyl groups is 1.